The first-order valence-electron chi connectivity index (χ1n) is 6.12. The lowest BCUT2D eigenvalue weighted by atomic mass is 10.1. The molecule has 0 N–H and O–H groups in total. The molecule has 0 heterocycles. The van der Waals surface area contributed by atoms with Crippen LogP contribution in [0.5, 0.6) is 5.75 Å². The Morgan fingerprint density at radius 3 is 2.15 bits per heavy atom. The van der Waals surface area contributed by atoms with E-state index in [-0.39, 0.29) is 18.0 Å². The number of hydrogen-bond donors (Lipinski definition) is 0. The van der Waals surface area contributed by atoms with Crippen molar-refractivity contribution in [3.63, 3.8) is 0 Å². The molecule has 0 aliphatic carbocycles. The quantitative estimate of drug-likeness (QED) is 0.271. The minimum absolute atomic E-state index is 0.0212. The number of Topliss-reactive ketones (excluding diaryl/α,β-unsaturated/α-hetero) is 1. The van der Waals surface area contributed by atoms with Gasteiger partial charge in [0, 0.05) is 6.92 Å². The molecule has 0 amide bonds. The number of carbonyl (C=O) groups excluding carboxylic acids is 3. The van der Waals surface area contributed by atoms with Crippen molar-refractivity contribution in [2.45, 2.75) is 20.8 Å². The molecule has 20 heavy (non-hydrogen) atoms. The highest BCUT2D eigenvalue weighted by atomic mass is 16.5. The standard InChI is InChI=1S/C15H16O5/c1-4-19-15(18)14(10(2)16)9-12-5-7-13(8-6-12)20-11(3)17/h5-9H,4H2,1-3H3/b14-9-. The van der Waals surface area contributed by atoms with Crippen LogP contribution in [0.15, 0.2) is 29.8 Å². The highest BCUT2D eigenvalue weighted by Crippen LogP contribution is 2.15. The number of ketones is 1. The minimum atomic E-state index is -0.649. The van der Waals surface area contributed by atoms with Gasteiger partial charge in [0.1, 0.15) is 11.3 Å². The molecule has 106 valence electrons. The number of ether oxygens (including phenoxy) is 2. The van der Waals surface area contributed by atoms with Crippen molar-refractivity contribution in [2.24, 2.45) is 0 Å². The Bertz CT molecular complexity index is 540. The van der Waals surface area contributed by atoms with Crippen molar-refractivity contribution in [1.82, 2.24) is 0 Å². The summed E-state index contributed by atoms with van der Waals surface area (Å²) in [6.45, 7) is 4.48. The van der Waals surface area contributed by atoms with Crippen LogP contribution >= 0.6 is 0 Å². The van der Waals surface area contributed by atoms with Crippen molar-refractivity contribution >= 4 is 23.8 Å². The van der Waals surface area contributed by atoms with Crippen LogP contribution in [-0.2, 0) is 19.1 Å². The van der Waals surface area contributed by atoms with E-state index < -0.39 is 11.9 Å². The molecule has 0 aliphatic heterocycles. The second-order valence-electron chi connectivity index (χ2n) is 4.00. The topological polar surface area (TPSA) is 69.7 Å². The maximum atomic E-state index is 11.6. The van der Waals surface area contributed by atoms with Gasteiger partial charge >= 0.3 is 11.9 Å². The van der Waals surface area contributed by atoms with Crippen LogP contribution in [0, 0.1) is 0 Å². The van der Waals surface area contributed by atoms with Crippen molar-refractivity contribution in [2.75, 3.05) is 6.61 Å². The number of carbonyl (C=O) groups is 3. The van der Waals surface area contributed by atoms with E-state index in [1.165, 1.54) is 19.9 Å². The van der Waals surface area contributed by atoms with E-state index in [1.807, 2.05) is 0 Å². The van der Waals surface area contributed by atoms with Crippen LogP contribution in [-0.4, -0.2) is 24.3 Å². The Morgan fingerprint density at radius 1 is 1.10 bits per heavy atom. The summed E-state index contributed by atoms with van der Waals surface area (Å²) in [6.07, 6.45) is 1.44. The van der Waals surface area contributed by atoms with Gasteiger partial charge in [-0.1, -0.05) is 12.1 Å². The normalized spacial score (nSPS) is 10.8. The largest absolute Gasteiger partial charge is 0.462 e. The van der Waals surface area contributed by atoms with E-state index in [0.717, 1.165) is 0 Å². The summed E-state index contributed by atoms with van der Waals surface area (Å²) in [5.74, 6) is -1.03. The highest BCUT2D eigenvalue weighted by molar-refractivity contribution is 6.19. The first-order valence-corrected chi connectivity index (χ1v) is 6.12. The maximum Gasteiger partial charge on any atom is 0.341 e. The second-order valence-corrected chi connectivity index (χ2v) is 4.00. The molecule has 5 heteroatoms. The van der Waals surface area contributed by atoms with Gasteiger partial charge < -0.3 is 9.47 Å². The van der Waals surface area contributed by atoms with Gasteiger partial charge in [-0.15, -0.1) is 0 Å². The van der Waals surface area contributed by atoms with E-state index in [2.05, 4.69) is 0 Å². The number of hydrogen-bond acceptors (Lipinski definition) is 5. The molecule has 0 bridgehead atoms. The first kappa shape index (κ1) is 15.6. The van der Waals surface area contributed by atoms with Gasteiger partial charge in [-0.05, 0) is 37.6 Å². The molecule has 5 nitrogen and oxygen atoms in total. The summed E-state index contributed by atoms with van der Waals surface area (Å²) in [5.41, 5.74) is 0.617. The molecule has 1 aromatic rings. The van der Waals surface area contributed by atoms with Crippen molar-refractivity contribution in [3.8, 4) is 5.75 Å². The molecular formula is C15H16O5. The Morgan fingerprint density at radius 2 is 1.70 bits per heavy atom. The Kier molecular flexibility index (Phi) is 5.65. The van der Waals surface area contributed by atoms with Crippen LogP contribution < -0.4 is 4.74 Å². The summed E-state index contributed by atoms with van der Waals surface area (Å²) in [4.78, 5) is 33.8. The van der Waals surface area contributed by atoms with Gasteiger partial charge in [-0.25, -0.2) is 4.79 Å². The third-order valence-electron chi connectivity index (χ3n) is 2.33. The van der Waals surface area contributed by atoms with Gasteiger partial charge in [0.05, 0.1) is 6.61 Å². The minimum Gasteiger partial charge on any atom is -0.462 e. The Balaban J connectivity index is 2.97. The van der Waals surface area contributed by atoms with Crippen LogP contribution in [0.4, 0.5) is 0 Å². The molecule has 1 aromatic carbocycles. The fourth-order valence-corrected chi connectivity index (χ4v) is 1.48. The zero-order chi connectivity index (χ0) is 15.1. The van der Waals surface area contributed by atoms with Gasteiger partial charge in [-0.2, -0.15) is 0 Å². The fraction of sp³-hybridized carbons (Fsp3) is 0.267. The van der Waals surface area contributed by atoms with Crippen molar-refractivity contribution in [3.05, 3.63) is 35.4 Å². The molecule has 1 rings (SSSR count). The Labute approximate surface area is 117 Å². The molecule has 0 fully saturated rings. The van der Waals surface area contributed by atoms with E-state index in [9.17, 15) is 14.4 Å². The average Bonchev–Trinajstić information content (AvgIpc) is 2.37. The third kappa shape index (κ3) is 4.68. The van der Waals surface area contributed by atoms with Crippen LogP contribution in [0.25, 0.3) is 6.08 Å². The van der Waals surface area contributed by atoms with Crippen molar-refractivity contribution < 1.29 is 23.9 Å². The molecule has 0 radical (unpaired) electrons. The third-order valence-corrected chi connectivity index (χ3v) is 2.33. The van der Waals surface area contributed by atoms with E-state index >= 15 is 0 Å². The summed E-state index contributed by atoms with van der Waals surface area (Å²) < 4.78 is 9.71. The van der Waals surface area contributed by atoms with Gasteiger partial charge in [-0.3, -0.25) is 9.59 Å². The van der Waals surface area contributed by atoms with E-state index in [0.29, 0.717) is 11.3 Å². The summed E-state index contributed by atoms with van der Waals surface area (Å²) >= 11 is 0. The zero-order valence-corrected chi connectivity index (χ0v) is 11.6. The number of benzene rings is 1. The molecule has 0 aromatic heterocycles. The number of rotatable bonds is 5. The molecule has 0 aliphatic rings. The Hall–Kier alpha value is -2.43. The highest BCUT2D eigenvalue weighted by Gasteiger charge is 2.15. The second kappa shape index (κ2) is 7.23. The molecule has 0 unspecified atom stereocenters. The van der Waals surface area contributed by atoms with E-state index in [1.54, 1.807) is 31.2 Å². The monoisotopic (exact) mass is 276 g/mol. The lowest BCUT2D eigenvalue weighted by Crippen LogP contribution is -2.13. The molecular weight excluding hydrogens is 260 g/mol. The number of esters is 2. The summed E-state index contributed by atoms with van der Waals surface area (Å²) in [7, 11) is 0. The average molecular weight is 276 g/mol. The predicted molar refractivity (Wildman–Crippen MR) is 73.0 cm³/mol. The SMILES string of the molecule is CCOC(=O)/C(=C\c1ccc(OC(C)=O)cc1)C(C)=O. The summed E-state index contributed by atoms with van der Waals surface area (Å²) in [5, 5.41) is 0. The molecule has 0 atom stereocenters. The van der Waals surface area contributed by atoms with Gasteiger partial charge in [0.2, 0.25) is 0 Å². The molecule has 0 saturated carbocycles. The molecule has 0 saturated heterocycles. The van der Waals surface area contributed by atoms with Gasteiger partial charge in [0.15, 0.2) is 5.78 Å². The smallest absolute Gasteiger partial charge is 0.341 e. The predicted octanol–water partition coefficient (Wildman–Crippen LogP) is 2.15. The van der Waals surface area contributed by atoms with Crippen LogP contribution in [0.1, 0.15) is 26.3 Å². The van der Waals surface area contributed by atoms with Gasteiger partial charge in [0.25, 0.3) is 0 Å². The summed E-state index contributed by atoms with van der Waals surface area (Å²) in [6, 6.07) is 6.44. The fourth-order valence-electron chi connectivity index (χ4n) is 1.48. The first-order chi connectivity index (χ1) is 9.43. The van der Waals surface area contributed by atoms with E-state index in [4.69, 9.17) is 9.47 Å². The van der Waals surface area contributed by atoms with Crippen LogP contribution in [0.2, 0.25) is 0 Å². The zero-order valence-electron chi connectivity index (χ0n) is 11.6. The lowest BCUT2D eigenvalue weighted by molar-refractivity contribution is -0.139. The maximum absolute atomic E-state index is 11.6. The van der Waals surface area contributed by atoms with Crippen molar-refractivity contribution in [1.29, 1.82) is 0 Å². The lowest BCUT2D eigenvalue weighted by Gasteiger charge is -2.04. The van der Waals surface area contributed by atoms with Crippen LogP contribution in [0.3, 0.4) is 0 Å². The molecule has 0 spiro atoms.